The van der Waals surface area contributed by atoms with Gasteiger partial charge in [-0.05, 0) is 36.6 Å². The van der Waals surface area contributed by atoms with Crippen LogP contribution in [0.4, 0.5) is 14.5 Å². The lowest BCUT2D eigenvalue weighted by atomic mass is 10.0. The fraction of sp³-hybridized carbons (Fsp3) is 0.211. The maximum absolute atomic E-state index is 14.3. The maximum atomic E-state index is 14.3. The zero-order valence-electron chi connectivity index (χ0n) is 13.8. The third-order valence-electron chi connectivity index (χ3n) is 4.27. The van der Waals surface area contributed by atoms with E-state index in [0.717, 1.165) is 16.8 Å². The molecule has 0 saturated heterocycles. The topological polar surface area (TPSA) is 46.1 Å². The Hall–Kier alpha value is -2.67. The molecule has 7 heteroatoms. The molecule has 0 N–H and O–H groups in total. The van der Waals surface area contributed by atoms with Crippen molar-refractivity contribution in [3.63, 3.8) is 0 Å². The maximum Gasteiger partial charge on any atom is 0.233 e. The van der Waals surface area contributed by atoms with Gasteiger partial charge in [0.1, 0.15) is 16.6 Å². The van der Waals surface area contributed by atoms with Crippen LogP contribution in [0, 0.1) is 11.6 Å². The van der Waals surface area contributed by atoms with Gasteiger partial charge in [0.2, 0.25) is 5.91 Å². The summed E-state index contributed by atoms with van der Waals surface area (Å²) in [6, 6.07) is 7.69. The first-order valence-electron chi connectivity index (χ1n) is 8.26. The molecule has 0 saturated carbocycles. The molecule has 1 aliphatic rings. The highest BCUT2D eigenvalue weighted by molar-refractivity contribution is 7.13. The molecule has 1 amide bonds. The Morgan fingerprint density at radius 2 is 2.15 bits per heavy atom. The second-order valence-electron chi connectivity index (χ2n) is 6.08. The van der Waals surface area contributed by atoms with Crippen LogP contribution in [-0.4, -0.2) is 22.4 Å². The molecule has 0 radical (unpaired) electrons. The van der Waals surface area contributed by atoms with E-state index in [2.05, 4.69) is 9.97 Å². The van der Waals surface area contributed by atoms with Gasteiger partial charge in [-0.15, -0.1) is 11.3 Å². The third-order valence-corrected chi connectivity index (χ3v) is 5.19. The highest BCUT2D eigenvalue weighted by Gasteiger charge is 2.27. The zero-order valence-corrected chi connectivity index (χ0v) is 14.6. The second-order valence-corrected chi connectivity index (χ2v) is 6.94. The molecule has 4 rings (SSSR count). The van der Waals surface area contributed by atoms with Gasteiger partial charge in [0.05, 0.1) is 23.5 Å². The number of hydrogen-bond donors (Lipinski definition) is 0. The van der Waals surface area contributed by atoms with E-state index in [1.165, 1.54) is 22.3 Å². The fourth-order valence-electron chi connectivity index (χ4n) is 3.15. The molecule has 1 aromatic carbocycles. The van der Waals surface area contributed by atoms with Gasteiger partial charge < -0.3 is 4.90 Å². The molecule has 0 spiro atoms. The molecular weight excluding hydrogens is 356 g/mol. The van der Waals surface area contributed by atoms with Crippen LogP contribution in [0.5, 0.6) is 0 Å². The summed E-state index contributed by atoms with van der Waals surface area (Å²) in [6.07, 6.45) is 3.00. The van der Waals surface area contributed by atoms with Crippen molar-refractivity contribution in [1.82, 2.24) is 9.97 Å². The van der Waals surface area contributed by atoms with Gasteiger partial charge in [-0.3, -0.25) is 9.78 Å². The Morgan fingerprint density at radius 3 is 2.96 bits per heavy atom. The van der Waals surface area contributed by atoms with Crippen molar-refractivity contribution in [2.75, 3.05) is 11.4 Å². The van der Waals surface area contributed by atoms with Crippen LogP contribution in [0.3, 0.4) is 0 Å². The smallest absolute Gasteiger partial charge is 0.233 e. The number of amides is 1. The molecule has 3 aromatic rings. The van der Waals surface area contributed by atoms with Crippen LogP contribution in [0.1, 0.15) is 17.7 Å². The summed E-state index contributed by atoms with van der Waals surface area (Å²) in [7, 11) is 0. The minimum atomic E-state index is -0.694. The predicted molar refractivity (Wildman–Crippen MR) is 96.1 cm³/mol. The largest absolute Gasteiger partial charge is 0.309 e. The van der Waals surface area contributed by atoms with Crippen molar-refractivity contribution in [1.29, 1.82) is 0 Å². The summed E-state index contributed by atoms with van der Waals surface area (Å²) in [5, 5.41) is 2.55. The van der Waals surface area contributed by atoms with Crippen molar-refractivity contribution in [3.8, 4) is 10.7 Å². The van der Waals surface area contributed by atoms with E-state index in [-0.39, 0.29) is 18.0 Å². The number of nitrogens with zero attached hydrogens (tertiary/aromatic N) is 3. The lowest BCUT2D eigenvalue weighted by Gasteiger charge is -2.29. The quantitative estimate of drug-likeness (QED) is 0.699. The van der Waals surface area contributed by atoms with Gasteiger partial charge >= 0.3 is 0 Å². The van der Waals surface area contributed by atoms with Crippen LogP contribution in [0.2, 0.25) is 0 Å². The Morgan fingerprint density at radius 1 is 1.27 bits per heavy atom. The van der Waals surface area contributed by atoms with Crippen LogP contribution >= 0.6 is 11.3 Å². The average molecular weight is 371 g/mol. The first kappa shape index (κ1) is 16.8. The first-order valence-corrected chi connectivity index (χ1v) is 9.14. The van der Waals surface area contributed by atoms with E-state index in [4.69, 9.17) is 0 Å². The lowest BCUT2D eigenvalue weighted by molar-refractivity contribution is -0.118. The molecular formula is C19H15F2N3OS. The number of aryl methyl sites for hydroxylation is 1. The van der Waals surface area contributed by atoms with E-state index >= 15 is 0 Å². The number of thiazole rings is 1. The van der Waals surface area contributed by atoms with Crippen LogP contribution in [-0.2, 0) is 17.6 Å². The van der Waals surface area contributed by atoms with E-state index < -0.39 is 11.6 Å². The summed E-state index contributed by atoms with van der Waals surface area (Å²) in [5.41, 5.74) is 2.11. The molecule has 0 aliphatic carbocycles. The Labute approximate surface area is 153 Å². The molecule has 4 nitrogen and oxygen atoms in total. The molecule has 0 unspecified atom stereocenters. The van der Waals surface area contributed by atoms with Crippen LogP contribution in [0.25, 0.3) is 10.7 Å². The minimum absolute atomic E-state index is 0.0690. The summed E-state index contributed by atoms with van der Waals surface area (Å²) in [4.78, 5) is 22.8. The number of halogens is 2. The van der Waals surface area contributed by atoms with Crippen molar-refractivity contribution in [2.45, 2.75) is 19.3 Å². The molecule has 132 valence electrons. The Balaban J connectivity index is 1.56. The average Bonchev–Trinajstić information content (AvgIpc) is 3.10. The Kier molecular flexibility index (Phi) is 4.46. The molecule has 0 bridgehead atoms. The van der Waals surface area contributed by atoms with Crippen LogP contribution in [0.15, 0.2) is 41.9 Å². The molecule has 0 fully saturated rings. The number of anilines is 1. The number of rotatable bonds is 3. The first-order chi connectivity index (χ1) is 12.6. The van der Waals surface area contributed by atoms with Crippen molar-refractivity contribution in [2.24, 2.45) is 0 Å². The molecule has 26 heavy (non-hydrogen) atoms. The summed E-state index contributed by atoms with van der Waals surface area (Å²) in [5.74, 6) is -1.55. The predicted octanol–water partition coefficient (Wildman–Crippen LogP) is 4.01. The van der Waals surface area contributed by atoms with Gasteiger partial charge in [0.25, 0.3) is 0 Å². The second kappa shape index (κ2) is 6.92. The summed E-state index contributed by atoms with van der Waals surface area (Å²) in [6.45, 7) is 0.422. The standard InChI is InChI=1S/C19H15F2N3OS/c20-13-8-12-4-3-7-24(18(12)15(21)9-13)17(25)10-14-11-26-19(23-14)16-5-1-2-6-22-16/h1-2,5-6,8-9,11H,3-4,7,10H2. The van der Waals surface area contributed by atoms with Crippen molar-refractivity contribution < 1.29 is 13.6 Å². The lowest BCUT2D eigenvalue weighted by Crippen LogP contribution is -2.37. The van der Waals surface area contributed by atoms with E-state index in [9.17, 15) is 13.6 Å². The number of fused-ring (bicyclic) bond motifs is 1. The zero-order chi connectivity index (χ0) is 18.1. The summed E-state index contributed by atoms with van der Waals surface area (Å²) < 4.78 is 27.7. The number of hydrogen-bond acceptors (Lipinski definition) is 4. The van der Waals surface area contributed by atoms with E-state index in [1.54, 1.807) is 6.20 Å². The summed E-state index contributed by atoms with van der Waals surface area (Å²) >= 11 is 1.41. The van der Waals surface area contributed by atoms with Gasteiger partial charge in [-0.25, -0.2) is 13.8 Å². The third kappa shape index (κ3) is 3.22. The highest BCUT2D eigenvalue weighted by Crippen LogP contribution is 2.31. The molecule has 2 aromatic heterocycles. The normalized spacial score (nSPS) is 13.5. The molecule has 1 aliphatic heterocycles. The number of pyridine rings is 1. The van der Waals surface area contributed by atoms with E-state index in [0.29, 0.717) is 30.6 Å². The van der Waals surface area contributed by atoms with Gasteiger partial charge in [0, 0.05) is 24.2 Å². The number of carbonyl (C=O) groups is 1. The van der Waals surface area contributed by atoms with Gasteiger partial charge in [0.15, 0.2) is 0 Å². The van der Waals surface area contributed by atoms with Gasteiger partial charge in [-0.1, -0.05) is 6.07 Å². The van der Waals surface area contributed by atoms with Crippen molar-refractivity contribution in [3.05, 3.63) is 64.8 Å². The monoisotopic (exact) mass is 371 g/mol. The number of carbonyl (C=O) groups excluding carboxylic acids is 1. The Bertz CT molecular complexity index is 959. The SMILES string of the molecule is O=C(Cc1csc(-c2ccccn2)n1)N1CCCc2cc(F)cc(F)c21. The number of aromatic nitrogens is 2. The molecule has 3 heterocycles. The molecule has 0 atom stereocenters. The highest BCUT2D eigenvalue weighted by atomic mass is 32.1. The number of benzene rings is 1. The van der Waals surface area contributed by atoms with E-state index in [1.807, 2.05) is 23.6 Å². The van der Waals surface area contributed by atoms with Crippen molar-refractivity contribution >= 4 is 22.9 Å². The fourth-order valence-corrected chi connectivity index (χ4v) is 3.94. The minimum Gasteiger partial charge on any atom is -0.309 e. The van der Waals surface area contributed by atoms with Crippen LogP contribution < -0.4 is 4.90 Å². The van der Waals surface area contributed by atoms with Gasteiger partial charge in [-0.2, -0.15) is 0 Å².